The van der Waals surface area contributed by atoms with Gasteiger partial charge in [-0.3, -0.25) is 4.72 Å². The molecule has 0 saturated heterocycles. The van der Waals surface area contributed by atoms with Gasteiger partial charge in [-0.1, -0.05) is 0 Å². The van der Waals surface area contributed by atoms with Gasteiger partial charge in [0.1, 0.15) is 16.8 Å². The fourth-order valence-corrected chi connectivity index (χ4v) is 2.31. The maximum Gasteiger partial charge on any atom is 0.363 e. The van der Waals surface area contributed by atoms with Gasteiger partial charge in [-0.05, 0) is 28.1 Å². The van der Waals surface area contributed by atoms with Crippen LogP contribution in [-0.2, 0) is 10.0 Å². The Morgan fingerprint density at radius 1 is 1.19 bits per heavy atom. The highest BCUT2D eigenvalue weighted by Crippen LogP contribution is 2.16. The van der Waals surface area contributed by atoms with Crippen molar-refractivity contribution in [3.8, 4) is 6.07 Å². The molecule has 0 fully saturated rings. The van der Waals surface area contributed by atoms with E-state index in [1.54, 1.807) is 0 Å². The Balaban J connectivity index is 2.25. The topological polar surface area (TPSA) is 139 Å². The molecule has 0 aliphatic carbocycles. The summed E-state index contributed by atoms with van der Waals surface area (Å²) >= 11 is 0. The summed E-state index contributed by atoms with van der Waals surface area (Å²) in [6, 6.07) is 6.64. The first-order valence-corrected chi connectivity index (χ1v) is 6.90. The molecule has 10 heteroatoms. The third-order valence-electron chi connectivity index (χ3n) is 2.35. The molecule has 2 rings (SSSR count). The van der Waals surface area contributed by atoms with Crippen molar-refractivity contribution in [2.45, 2.75) is 4.90 Å². The summed E-state index contributed by atoms with van der Waals surface area (Å²) in [5.74, 6) is -0.433. The van der Waals surface area contributed by atoms with Crippen molar-refractivity contribution >= 4 is 21.7 Å². The predicted molar refractivity (Wildman–Crippen MR) is 70.7 cm³/mol. The molecule has 0 saturated carbocycles. The fraction of sp³-hybridized carbons (Fsp3) is 0. The lowest BCUT2D eigenvalue weighted by atomic mass is 10.3. The second-order valence-electron chi connectivity index (χ2n) is 3.76. The number of nitro groups is 1. The van der Waals surface area contributed by atoms with Crippen LogP contribution in [0.4, 0.5) is 11.6 Å². The van der Waals surface area contributed by atoms with E-state index in [4.69, 9.17) is 5.26 Å². The van der Waals surface area contributed by atoms with Crippen molar-refractivity contribution in [2.75, 3.05) is 4.72 Å². The summed E-state index contributed by atoms with van der Waals surface area (Å²) in [4.78, 5) is 16.7. The number of nitriles is 1. The van der Waals surface area contributed by atoms with E-state index >= 15 is 0 Å². The van der Waals surface area contributed by atoms with Crippen molar-refractivity contribution in [1.29, 1.82) is 5.26 Å². The molecular formula is C11H7N5O4S. The van der Waals surface area contributed by atoms with E-state index in [0.717, 1.165) is 18.3 Å². The summed E-state index contributed by atoms with van der Waals surface area (Å²) in [6.07, 6.45) is 2.09. The average molecular weight is 305 g/mol. The lowest BCUT2D eigenvalue weighted by Crippen LogP contribution is -2.14. The molecule has 0 aliphatic heterocycles. The van der Waals surface area contributed by atoms with Crippen LogP contribution in [0.2, 0.25) is 0 Å². The Morgan fingerprint density at radius 3 is 2.43 bits per heavy atom. The molecule has 0 bridgehead atoms. The van der Waals surface area contributed by atoms with Crippen LogP contribution in [0.15, 0.2) is 41.6 Å². The zero-order valence-corrected chi connectivity index (χ0v) is 11.1. The predicted octanol–water partition coefficient (Wildman–Crippen LogP) is 1.06. The first-order chi connectivity index (χ1) is 9.92. The molecule has 2 aromatic heterocycles. The minimum atomic E-state index is -3.96. The highest BCUT2D eigenvalue weighted by Gasteiger charge is 2.18. The number of pyridine rings is 2. The van der Waals surface area contributed by atoms with Crippen LogP contribution in [0.25, 0.3) is 0 Å². The highest BCUT2D eigenvalue weighted by molar-refractivity contribution is 7.92. The van der Waals surface area contributed by atoms with E-state index in [0.29, 0.717) is 0 Å². The Labute approximate surface area is 119 Å². The van der Waals surface area contributed by atoms with Gasteiger partial charge in [0, 0.05) is 12.3 Å². The average Bonchev–Trinajstić information content (AvgIpc) is 2.48. The number of nitrogens with one attached hydrogen (secondary N) is 1. The Kier molecular flexibility index (Phi) is 3.77. The second kappa shape index (κ2) is 5.51. The molecule has 0 spiro atoms. The van der Waals surface area contributed by atoms with Gasteiger partial charge in [0.15, 0.2) is 6.20 Å². The molecule has 2 aromatic rings. The van der Waals surface area contributed by atoms with E-state index in [2.05, 4.69) is 14.7 Å². The molecule has 9 nitrogen and oxygen atoms in total. The third kappa shape index (κ3) is 3.28. The van der Waals surface area contributed by atoms with E-state index in [1.807, 2.05) is 6.07 Å². The van der Waals surface area contributed by atoms with E-state index in [1.165, 1.54) is 18.3 Å². The largest absolute Gasteiger partial charge is 0.363 e. The Hall–Kier alpha value is -3.06. The fourth-order valence-electron chi connectivity index (χ4n) is 1.36. The molecular weight excluding hydrogens is 298 g/mol. The molecule has 0 aromatic carbocycles. The van der Waals surface area contributed by atoms with E-state index in [9.17, 15) is 18.5 Å². The molecule has 1 N–H and O–H groups in total. The van der Waals surface area contributed by atoms with Gasteiger partial charge in [0.2, 0.25) is 0 Å². The maximum atomic E-state index is 12.0. The number of sulfonamides is 1. The molecule has 0 unspecified atom stereocenters. The number of aromatic nitrogens is 2. The highest BCUT2D eigenvalue weighted by atomic mass is 32.2. The molecule has 2 heterocycles. The maximum absolute atomic E-state index is 12.0. The minimum absolute atomic E-state index is 0.0207. The standard InChI is InChI=1S/C11H7N5O4S/c12-5-8-1-3-10(13-6-8)15-21(19,20)9-2-4-11(14-7-9)16(17)18/h1-4,6-7H,(H,13,15). The zero-order valence-electron chi connectivity index (χ0n) is 10.3. The first kappa shape index (κ1) is 14.4. The van der Waals surface area contributed by atoms with Crippen LogP contribution < -0.4 is 4.72 Å². The number of hydrogen-bond acceptors (Lipinski definition) is 7. The van der Waals surface area contributed by atoms with E-state index < -0.39 is 20.8 Å². The van der Waals surface area contributed by atoms with Crippen molar-refractivity contribution in [3.63, 3.8) is 0 Å². The zero-order chi connectivity index (χ0) is 15.5. The van der Waals surface area contributed by atoms with E-state index in [-0.39, 0.29) is 16.3 Å². The van der Waals surface area contributed by atoms with Crippen LogP contribution in [-0.4, -0.2) is 23.3 Å². The second-order valence-corrected chi connectivity index (χ2v) is 5.44. The SMILES string of the molecule is N#Cc1ccc(NS(=O)(=O)c2ccc([N+](=O)[O-])nc2)nc1. The smallest absolute Gasteiger partial charge is 0.358 e. The van der Waals surface area contributed by atoms with Gasteiger partial charge in [-0.2, -0.15) is 5.26 Å². The Bertz CT molecular complexity index is 809. The molecule has 21 heavy (non-hydrogen) atoms. The van der Waals surface area contributed by atoms with Gasteiger partial charge >= 0.3 is 5.82 Å². The number of rotatable bonds is 4. The number of anilines is 1. The van der Waals surface area contributed by atoms with Crippen LogP contribution in [0.3, 0.4) is 0 Å². The number of nitrogens with zero attached hydrogens (tertiary/aromatic N) is 4. The minimum Gasteiger partial charge on any atom is -0.358 e. The Morgan fingerprint density at radius 2 is 1.95 bits per heavy atom. The van der Waals surface area contributed by atoms with Crippen LogP contribution in [0.5, 0.6) is 0 Å². The van der Waals surface area contributed by atoms with Crippen molar-refractivity contribution < 1.29 is 13.3 Å². The van der Waals surface area contributed by atoms with Gasteiger partial charge in [-0.15, -0.1) is 0 Å². The first-order valence-electron chi connectivity index (χ1n) is 5.42. The van der Waals surface area contributed by atoms with Crippen LogP contribution in [0.1, 0.15) is 5.56 Å². The third-order valence-corrected chi connectivity index (χ3v) is 3.69. The van der Waals surface area contributed by atoms with Gasteiger partial charge in [0.25, 0.3) is 10.0 Å². The van der Waals surface area contributed by atoms with Gasteiger partial charge < -0.3 is 10.1 Å². The summed E-state index contributed by atoms with van der Waals surface area (Å²) in [6.45, 7) is 0. The quantitative estimate of drug-likeness (QED) is 0.657. The molecule has 106 valence electrons. The summed E-state index contributed by atoms with van der Waals surface area (Å²) in [5.41, 5.74) is 0.287. The van der Waals surface area contributed by atoms with Crippen molar-refractivity contribution in [3.05, 3.63) is 52.3 Å². The van der Waals surface area contributed by atoms with Crippen LogP contribution >= 0.6 is 0 Å². The summed E-state index contributed by atoms with van der Waals surface area (Å²) in [7, 11) is -3.96. The van der Waals surface area contributed by atoms with Gasteiger partial charge in [0.05, 0.1) is 5.56 Å². The van der Waals surface area contributed by atoms with Crippen molar-refractivity contribution in [2.24, 2.45) is 0 Å². The van der Waals surface area contributed by atoms with Gasteiger partial charge in [-0.25, -0.2) is 13.4 Å². The molecule has 0 radical (unpaired) electrons. The molecule has 0 atom stereocenters. The lowest BCUT2D eigenvalue weighted by molar-refractivity contribution is -0.389. The van der Waals surface area contributed by atoms with Crippen LogP contribution in [0, 0.1) is 21.4 Å². The molecule has 0 aliphatic rings. The normalized spacial score (nSPS) is 10.6. The summed E-state index contributed by atoms with van der Waals surface area (Å²) < 4.78 is 26.2. The summed E-state index contributed by atoms with van der Waals surface area (Å²) in [5, 5.41) is 19.1. The molecule has 0 amide bonds. The lowest BCUT2D eigenvalue weighted by Gasteiger charge is -2.05. The monoisotopic (exact) mass is 305 g/mol. The number of hydrogen-bond donors (Lipinski definition) is 1. The van der Waals surface area contributed by atoms with Crippen molar-refractivity contribution in [1.82, 2.24) is 9.97 Å².